The van der Waals surface area contributed by atoms with Crippen molar-refractivity contribution in [3.05, 3.63) is 0 Å². The molecule has 2 atom stereocenters. The molecule has 0 aromatic heterocycles. The van der Waals surface area contributed by atoms with E-state index in [9.17, 15) is 0 Å². The number of hydrogen-bond donors (Lipinski definition) is 2. The number of hydrogen-bond acceptors (Lipinski definition) is 3. The van der Waals surface area contributed by atoms with Crippen LogP contribution in [0.15, 0.2) is 4.99 Å². The standard InChI is InChI=1S/C16H34N4O.HI/c1-13(2)7-6-8-14(3)19-16(17-4)18-11-15-12-20(5)9-10-21-15;/h13-15H,6-12H2,1-5H3,(H2,17,18,19);1H. The Morgan fingerprint density at radius 1 is 1.32 bits per heavy atom. The number of aliphatic imine (C=N–C) groups is 1. The van der Waals surface area contributed by atoms with Crippen molar-refractivity contribution in [3.8, 4) is 0 Å². The number of morpholine rings is 1. The molecule has 0 radical (unpaired) electrons. The van der Waals surface area contributed by atoms with Crippen molar-refractivity contribution >= 4 is 29.9 Å². The molecule has 22 heavy (non-hydrogen) atoms. The summed E-state index contributed by atoms with van der Waals surface area (Å²) in [7, 11) is 3.96. The summed E-state index contributed by atoms with van der Waals surface area (Å²) < 4.78 is 5.75. The van der Waals surface area contributed by atoms with Crippen molar-refractivity contribution in [2.45, 2.75) is 52.2 Å². The molecule has 1 heterocycles. The molecule has 0 spiro atoms. The predicted molar refractivity (Wildman–Crippen MR) is 105 cm³/mol. The van der Waals surface area contributed by atoms with Crippen molar-refractivity contribution in [1.82, 2.24) is 15.5 Å². The summed E-state index contributed by atoms with van der Waals surface area (Å²) in [6.07, 6.45) is 3.99. The Balaban J connectivity index is 0.00000441. The van der Waals surface area contributed by atoms with Crippen molar-refractivity contribution < 1.29 is 4.74 Å². The first kappa shape index (κ1) is 21.9. The Morgan fingerprint density at radius 3 is 2.64 bits per heavy atom. The van der Waals surface area contributed by atoms with E-state index in [2.05, 4.69) is 48.3 Å². The van der Waals surface area contributed by atoms with Crippen LogP contribution in [-0.4, -0.2) is 63.3 Å². The zero-order valence-corrected chi connectivity index (χ0v) is 17.2. The third-order valence-electron chi connectivity index (χ3n) is 3.86. The van der Waals surface area contributed by atoms with Gasteiger partial charge in [-0.1, -0.05) is 26.7 Å². The van der Waals surface area contributed by atoms with E-state index in [4.69, 9.17) is 4.74 Å². The van der Waals surface area contributed by atoms with Crippen molar-refractivity contribution in [3.63, 3.8) is 0 Å². The van der Waals surface area contributed by atoms with Gasteiger partial charge in [0, 0.05) is 32.7 Å². The fourth-order valence-electron chi connectivity index (χ4n) is 2.53. The lowest BCUT2D eigenvalue weighted by Crippen LogP contribution is -2.49. The van der Waals surface area contributed by atoms with Gasteiger partial charge in [-0.05, 0) is 26.3 Å². The lowest BCUT2D eigenvalue weighted by molar-refractivity contribution is -0.0161. The third-order valence-corrected chi connectivity index (χ3v) is 3.86. The first-order valence-electron chi connectivity index (χ1n) is 8.28. The van der Waals surface area contributed by atoms with E-state index in [-0.39, 0.29) is 30.1 Å². The van der Waals surface area contributed by atoms with Crippen LogP contribution in [0, 0.1) is 5.92 Å². The zero-order chi connectivity index (χ0) is 15.7. The average molecular weight is 426 g/mol. The summed E-state index contributed by atoms with van der Waals surface area (Å²) in [4.78, 5) is 6.61. The van der Waals surface area contributed by atoms with E-state index in [1.54, 1.807) is 0 Å². The number of nitrogens with zero attached hydrogens (tertiary/aromatic N) is 2. The van der Waals surface area contributed by atoms with Gasteiger partial charge in [0.2, 0.25) is 0 Å². The van der Waals surface area contributed by atoms with Gasteiger partial charge in [-0.25, -0.2) is 0 Å². The molecule has 0 bridgehead atoms. The van der Waals surface area contributed by atoms with Crippen LogP contribution in [0.2, 0.25) is 0 Å². The normalized spacial score (nSPS) is 21.4. The molecule has 0 saturated carbocycles. The first-order chi connectivity index (χ1) is 10.0. The van der Waals surface area contributed by atoms with E-state index in [1.165, 1.54) is 19.3 Å². The van der Waals surface area contributed by atoms with Gasteiger partial charge in [-0.3, -0.25) is 4.99 Å². The van der Waals surface area contributed by atoms with Gasteiger partial charge in [-0.15, -0.1) is 24.0 Å². The number of rotatable bonds is 7. The number of nitrogens with one attached hydrogen (secondary N) is 2. The van der Waals surface area contributed by atoms with Gasteiger partial charge in [-0.2, -0.15) is 0 Å². The van der Waals surface area contributed by atoms with Crippen LogP contribution in [-0.2, 0) is 4.74 Å². The molecule has 0 aliphatic carbocycles. The highest BCUT2D eigenvalue weighted by Crippen LogP contribution is 2.08. The maximum atomic E-state index is 5.75. The number of guanidine groups is 1. The monoisotopic (exact) mass is 426 g/mol. The molecule has 0 aromatic rings. The molecular weight excluding hydrogens is 391 g/mol. The predicted octanol–water partition coefficient (Wildman–Crippen LogP) is 2.31. The minimum absolute atomic E-state index is 0. The smallest absolute Gasteiger partial charge is 0.191 e. The van der Waals surface area contributed by atoms with Crippen LogP contribution in [0.4, 0.5) is 0 Å². The highest BCUT2D eigenvalue weighted by molar-refractivity contribution is 14.0. The summed E-state index contributed by atoms with van der Waals surface area (Å²) in [6, 6.07) is 0.449. The summed E-state index contributed by atoms with van der Waals surface area (Å²) in [5, 5.41) is 6.84. The van der Waals surface area contributed by atoms with E-state index >= 15 is 0 Å². The lowest BCUT2D eigenvalue weighted by Gasteiger charge is -2.30. The SMILES string of the molecule is CN=C(NCC1CN(C)CCO1)NC(C)CCCC(C)C.I. The second kappa shape index (κ2) is 12.4. The summed E-state index contributed by atoms with van der Waals surface area (Å²) in [6.45, 7) is 10.4. The maximum Gasteiger partial charge on any atom is 0.191 e. The van der Waals surface area contributed by atoms with Gasteiger partial charge in [0.25, 0.3) is 0 Å². The quantitative estimate of drug-likeness (QED) is 0.373. The average Bonchev–Trinajstić information content (AvgIpc) is 2.43. The molecular formula is C16H35IN4O. The zero-order valence-electron chi connectivity index (χ0n) is 14.9. The largest absolute Gasteiger partial charge is 0.374 e. The van der Waals surface area contributed by atoms with Gasteiger partial charge in [0.15, 0.2) is 5.96 Å². The molecule has 0 aromatic carbocycles. The summed E-state index contributed by atoms with van der Waals surface area (Å²) in [5.74, 6) is 1.67. The van der Waals surface area contributed by atoms with E-state index < -0.39 is 0 Å². The third kappa shape index (κ3) is 9.84. The molecule has 1 saturated heterocycles. The molecule has 5 nitrogen and oxygen atoms in total. The second-order valence-corrected chi connectivity index (χ2v) is 6.58. The Bertz CT molecular complexity index is 313. The van der Waals surface area contributed by atoms with Gasteiger partial charge < -0.3 is 20.3 Å². The van der Waals surface area contributed by atoms with Crippen molar-refractivity contribution in [1.29, 1.82) is 0 Å². The summed E-state index contributed by atoms with van der Waals surface area (Å²) in [5.41, 5.74) is 0. The Labute approximate surface area is 153 Å². The van der Waals surface area contributed by atoms with Crippen LogP contribution in [0.3, 0.4) is 0 Å². The summed E-state index contributed by atoms with van der Waals surface area (Å²) >= 11 is 0. The molecule has 1 fully saturated rings. The number of halogens is 1. The van der Waals surface area contributed by atoms with Crippen LogP contribution in [0.5, 0.6) is 0 Å². The Kier molecular flexibility index (Phi) is 12.3. The highest BCUT2D eigenvalue weighted by atomic mass is 127. The van der Waals surface area contributed by atoms with E-state index in [0.717, 1.165) is 38.1 Å². The molecule has 2 N–H and O–H groups in total. The van der Waals surface area contributed by atoms with Crippen LogP contribution < -0.4 is 10.6 Å². The van der Waals surface area contributed by atoms with Gasteiger partial charge >= 0.3 is 0 Å². The fraction of sp³-hybridized carbons (Fsp3) is 0.938. The molecule has 6 heteroatoms. The molecule has 2 unspecified atom stereocenters. The van der Waals surface area contributed by atoms with Crippen LogP contribution in [0.1, 0.15) is 40.0 Å². The molecule has 0 amide bonds. The lowest BCUT2D eigenvalue weighted by atomic mass is 10.0. The second-order valence-electron chi connectivity index (χ2n) is 6.58. The minimum atomic E-state index is 0. The first-order valence-corrected chi connectivity index (χ1v) is 8.28. The number of ether oxygens (including phenoxy) is 1. The highest BCUT2D eigenvalue weighted by Gasteiger charge is 2.17. The molecule has 132 valence electrons. The van der Waals surface area contributed by atoms with E-state index in [0.29, 0.717) is 6.04 Å². The molecule has 1 aliphatic rings. The van der Waals surface area contributed by atoms with Crippen LogP contribution >= 0.6 is 24.0 Å². The molecule has 1 rings (SSSR count). The number of likely N-dealkylation sites (N-methyl/N-ethyl adjacent to an activating group) is 1. The Morgan fingerprint density at radius 2 is 2.05 bits per heavy atom. The van der Waals surface area contributed by atoms with Crippen molar-refractivity contribution in [2.24, 2.45) is 10.9 Å². The minimum Gasteiger partial charge on any atom is -0.374 e. The topological polar surface area (TPSA) is 48.9 Å². The van der Waals surface area contributed by atoms with Gasteiger partial charge in [0.1, 0.15) is 0 Å². The Hall–Kier alpha value is -0.0800. The molecule has 1 aliphatic heterocycles. The van der Waals surface area contributed by atoms with Crippen LogP contribution in [0.25, 0.3) is 0 Å². The maximum absolute atomic E-state index is 5.75. The fourth-order valence-corrected chi connectivity index (χ4v) is 2.53. The van der Waals surface area contributed by atoms with E-state index in [1.807, 2.05) is 7.05 Å². The van der Waals surface area contributed by atoms with Crippen molar-refractivity contribution in [2.75, 3.05) is 40.3 Å². The van der Waals surface area contributed by atoms with Gasteiger partial charge in [0.05, 0.1) is 12.7 Å².